The van der Waals surface area contributed by atoms with Gasteiger partial charge in [0.2, 0.25) is 6.79 Å². The maximum Gasteiger partial charge on any atom is 0.266 e. The van der Waals surface area contributed by atoms with Crippen molar-refractivity contribution in [3.05, 3.63) is 85.8 Å². The van der Waals surface area contributed by atoms with Gasteiger partial charge in [-0.1, -0.05) is 23.8 Å². The predicted octanol–water partition coefficient (Wildman–Crippen LogP) is 6.37. The topological polar surface area (TPSA) is 80.6 Å². The van der Waals surface area contributed by atoms with Crippen LogP contribution >= 0.6 is 31.9 Å². The Morgan fingerprint density at radius 3 is 2.48 bits per heavy atom. The van der Waals surface area contributed by atoms with Crippen LogP contribution in [0.3, 0.4) is 0 Å². The minimum Gasteiger partial charge on any atom is -0.487 e. The number of carbonyl (C=O) groups excluding carboxylic acids is 1. The van der Waals surface area contributed by atoms with Crippen LogP contribution in [0.1, 0.15) is 16.7 Å². The van der Waals surface area contributed by atoms with E-state index in [1.54, 1.807) is 24.3 Å². The second kappa shape index (κ2) is 10.1. The number of fused-ring (bicyclic) bond motifs is 1. The number of aryl methyl sites for hydroxylation is 1. The number of nitriles is 1. The van der Waals surface area contributed by atoms with Gasteiger partial charge in [-0.3, -0.25) is 4.79 Å². The van der Waals surface area contributed by atoms with Crippen molar-refractivity contribution in [1.29, 1.82) is 5.26 Å². The predicted molar refractivity (Wildman–Crippen MR) is 132 cm³/mol. The number of halogens is 2. The lowest BCUT2D eigenvalue weighted by atomic mass is 10.1. The minimum atomic E-state index is -0.475. The van der Waals surface area contributed by atoms with Gasteiger partial charge >= 0.3 is 0 Å². The zero-order chi connectivity index (χ0) is 23.4. The second-order valence-electron chi connectivity index (χ2n) is 7.28. The van der Waals surface area contributed by atoms with Crippen LogP contribution in [-0.2, 0) is 11.4 Å². The van der Waals surface area contributed by atoms with Gasteiger partial charge in [0.1, 0.15) is 24.0 Å². The van der Waals surface area contributed by atoms with E-state index in [4.69, 9.17) is 14.2 Å². The normalized spacial score (nSPS) is 12.2. The highest BCUT2D eigenvalue weighted by Crippen LogP contribution is 2.37. The third kappa shape index (κ3) is 5.56. The van der Waals surface area contributed by atoms with Crippen molar-refractivity contribution in [2.45, 2.75) is 13.5 Å². The fourth-order valence-corrected chi connectivity index (χ4v) is 4.59. The first kappa shape index (κ1) is 22.9. The average molecular weight is 570 g/mol. The lowest BCUT2D eigenvalue weighted by molar-refractivity contribution is -0.112. The number of carbonyl (C=O) groups is 1. The second-order valence-corrected chi connectivity index (χ2v) is 8.99. The van der Waals surface area contributed by atoms with Crippen LogP contribution in [0, 0.1) is 18.3 Å². The van der Waals surface area contributed by atoms with Crippen LogP contribution in [0.5, 0.6) is 17.2 Å². The van der Waals surface area contributed by atoms with Crippen molar-refractivity contribution in [2.75, 3.05) is 12.1 Å². The molecule has 0 radical (unpaired) electrons. The number of hydrogen-bond acceptors (Lipinski definition) is 5. The van der Waals surface area contributed by atoms with Crippen molar-refractivity contribution in [2.24, 2.45) is 0 Å². The van der Waals surface area contributed by atoms with Crippen molar-refractivity contribution in [1.82, 2.24) is 0 Å². The molecule has 0 atom stereocenters. The Bertz CT molecular complexity index is 1260. The number of rotatable bonds is 6. The lowest BCUT2D eigenvalue weighted by Crippen LogP contribution is -2.13. The molecule has 1 aliphatic heterocycles. The van der Waals surface area contributed by atoms with Gasteiger partial charge in [0.15, 0.2) is 11.5 Å². The van der Waals surface area contributed by atoms with Crippen LogP contribution in [-0.4, -0.2) is 12.7 Å². The standard InChI is InChI=1S/C25H18Br2N2O4/c1-15-2-5-19(6-3-15)29-25(30)18(12-28)8-17-9-20(26)24(21(27)10-17)31-13-16-4-7-22-23(11-16)33-14-32-22/h2-11H,13-14H2,1H3,(H,29,30)/b18-8-. The molecular weight excluding hydrogens is 552 g/mol. The molecule has 3 aromatic rings. The molecule has 1 amide bonds. The highest BCUT2D eigenvalue weighted by Gasteiger charge is 2.15. The Labute approximate surface area is 208 Å². The van der Waals surface area contributed by atoms with E-state index in [1.807, 2.05) is 43.3 Å². The van der Waals surface area contributed by atoms with Crippen LogP contribution in [0.2, 0.25) is 0 Å². The molecule has 0 aliphatic carbocycles. The molecule has 3 aromatic carbocycles. The van der Waals surface area contributed by atoms with Crippen molar-refractivity contribution in [3.63, 3.8) is 0 Å². The third-order valence-corrected chi connectivity index (χ3v) is 6.00. The Morgan fingerprint density at radius 2 is 1.79 bits per heavy atom. The van der Waals surface area contributed by atoms with E-state index < -0.39 is 5.91 Å². The van der Waals surface area contributed by atoms with Gasteiger partial charge in [-0.05, 0) is 92.4 Å². The van der Waals surface area contributed by atoms with E-state index in [9.17, 15) is 10.1 Å². The number of ether oxygens (including phenoxy) is 3. The summed E-state index contributed by atoms with van der Waals surface area (Å²) < 4.78 is 18.1. The summed E-state index contributed by atoms with van der Waals surface area (Å²) in [5, 5.41) is 12.2. The fourth-order valence-electron chi connectivity index (χ4n) is 3.14. The summed E-state index contributed by atoms with van der Waals surface area (Å²) in [7, 11) is 0. The van der Waals surface area contributed by atoms with Crippen molar-refractivity contribution >= 4 is 49.5 Å². The fraction of sp³-hybridized carbons (Fsp3) is 0.120. The van der Waals surface area contributed by atoms with E-state index in [2.05, 4.69) is 37.2 Å². The quantitative estimate of drug-likeness (QED) is 0.275. The summed E-state index contributed by atoms with van der Waals surface area (Å²) in [5.74, 6) is 1.55. The van der Waals surface area contributed by atoms with E-state index in [-0.39, 0.29) is 12.4 Å². The van der Waals surface area contributed by atoms with Crippen LogP contribution < -0.4 is 19.5 Å². The Morgan fingerprint density at radius 1 is 1.09 bits per heavy atom. The lowest BCUT2D eigenvalue weighted by Gasteiger charge is -2.12. The molecule has 1 N–H and O–H groups in total. The van der Waals surface area contributed by atoms with E-state index >= 15 is 0 Å². The molecule has 0 spiro atoms. The molecule has 8 heteroatoms. The molecular formula is C25H18Br2N2O4. The summed E-state index contributed by atoms with van der Waals surface area (Å²) in [6.45, 7) is 2.51. The number of anilines is 1. The van der Waals surface area contributed by atoms with E-state index in [0.717, 1.165) is 16.9 Å². The largest absolute Gasteiger partial charge is 0.487 e. The zero-order valence-electron chi connectivity index (χ0n) is 17.5. The number of benzene rings is 3. The summed E-state index contributed by atoms with van der Waals surface area (Å²) in [6, 6.07) is 18.6. The molecule has 0 bridgehead atoms. The van der Waals surface area contributed by atoms with E-state index in [1.165, 1.54) is 6.08 Å². The maximum atomic E-state index is 12.5. The smallest absolute Gasteiger partial charge is 0.266 e. The molecule has 33 heavy (non-hydrogen) atoms. The molecule has 1 aliphatic rings. The van der Waals surface area contributed by atoms with Gasteiger partial charge in [-0.15, -0.1) is 0 Å². The van der Waals surface area contributed by atoms with Crippen molar-refractivity contribution < 1.29 is 19.0 Å². The zero-order valence-corrected chi connectivity index (χ0v) is 20.7. The molecule has 0 saturated carbocycles. The van der Waals surface area contributed by atoms with Crippen molar-refractivity contribution in [3.8, 4) is 23.3 Å². The summed E-state index contributed by atoms with van der Waals surface area (Å²) in [5.41, 5.74) is 3.30. The molecule has 4 rings (SSSR count). The third-order valence-electron chi connectivity index (χ3n) is 4.83. The first-order valence-electron chi connectivity index (χ1n) is 9.93. The van der Waals surface area contributed by atoms with Gasteiger partial charge in [0.05, 0.1) is 8.95 Å². The SMILES string of the molecule is Cc1ccc(NC(=O)/C(C#N)=C\c2cc(Br)c(OCc3ccc4c(c3)OCO4)c(Br)c2)cc1. The number of nitrogens with one attached hydrogen (secondary N) is 1. The Balaban J connectivity index is 1.48. The van der Waals surface area contributed by atoms with Crippen LogP contribution in [0.25, 0.3) is 6.08 Å². The number of hydrogen-bond donors (Lipinski definition) is 1. The minimum absolute atomic E-state index is 0.0107. The summed E-state index contributed by atoms with van der Waals surface area (Å²) in [4.78, 5) is 12.5. The molecule has 0 aromatic heterocycles. The summed E-state index contributed by atoms with van der Waals surface area (Å²) >= 11 is 7.04. The maximum absolute atomic E-state index is 12.5. The van der Waals surface area contributed by atoms with Gasteiger partial charge in [-0.25, -0.2) is 0 Å². The van der Waals surface area contributed by atoms with Crippen LogP contribution in [0.15, 0.2) is 69.1 Å². The Hall–Kier alpha value is -3.28. The van der Waals surface area contributed by atoms with Crippen LogP contribution in [0.4, 0.5) is 5.69 Å². The first-order valence-corrected chi connectivity index (χ1v) is 11.5. The average Bonchev–Trinajstić information content (AvgIpc) is 3.26. The number of amides is 1. The molecule has 0 saturated heterocycles. The summed E-state index contributed by atoms with van der Waals surface area (Å²) in [6.07, 6.45) is 1.53. The van der Waals surface area contributed by atoms with Gasteiger partial charge in [0, 0.05) is 5.69 Å². The van der Waals surface area contributed by atoms with Gasteiger partial charge in [-0.2, -0.15) is 5.26 Å². The Kier molecular flexibility index (Phi) is 7.02. The molecule has 0 unspecified atom stereocenters. The molecule has 166 valence electrons. The van der Waals surface area contributed by atoms with E-state index in [0.29, 0.717) is 38.3 Å². The molecule has 1 heterocycles. The highest BCUT2D eigenvalue weighted by atomic mass is 79.9. The molecule has 0 fully saturated rings. The molecule has 6 nitrogen and oxygen atoms in total. The first-order chi connectivity index (χ1) is 15.9. The monoisotopic (exact) mass is 568 g/mol. The number of nitrogens with zero attached hydrogens (tertiary/aromatic N) is 1. The van der Waals surface area contributed by atoms with Gasteiger partial charge < -0.3 is 19.5 Å². The highest BCUT2D eigenvalue weighted by molar-refractivity contribution is 9.11. The van der Waals surface area contributed by atoms with Gasteiger partial charge in [0.25, 0.3) is 5.91 Å².